The Balaban J connectivity index is 1.91. The van der Waals surface area contributed by atoms with E-state index in [2.05, 4.69) is 10.1 Å². The van der Waals surface area contributed by atoms with Crippen LogP contribution >= 0.6 is 0 Å². The summed E-state index contributed by atoms with van der Waals surface area (Å²) in [4.78, 5) is 12.1. The van der Waals surface area contributed by atoms with Crippen LogP contribution in [0.2, 0.25) is 0 Å². The Morgan fingerprint density at radius 2 is 1.61 bits per heavy atom. The van der Waals surface area contributed by atoms with E-state index in [1.807, 2.05) is 6.92 Å². The van der Waals surface area contributed by atoms with E-state index >= 15 is 0 Å². The van der Waals surface area contributed by atoms with Crippen molar-refractivity contribution in [3.8, 4) is 11.5 Å². The van der Waals surface area contributed by atoms with Gasteiger partial charge in [0.05, 0.1) is 18.6 Å². The molecule has 0 fully saturated rings. The molecule has 0 aliphatic heterocycles. The lowest BCUT2D eigenvalue weighted by Gasteiger charge is -2.22. The number of anilines is 2. The second-order valence-electron chi connectivity index (χ2n) is 6.49. The fourth-order valence-electron chi connectivity index (χ4n) is 2.71. The lowest BCUT2D eigenvalue weighted by molar-refractivity contribution is -0.274. The molecule has 0 spiro atoms. The van der Waals surface area contributed by atoms with E-state index in [4.69, 9.17) is 4.74 Å². The topological polar surface area (TPSA) is 84.9 Å². The van der Waals surface area contributed by atoms with Crippen molar-refractivity contribution < 1.29 is 35.9 Å². The number of carbonyl (C=O) groups excluding carboxylic acids is 1. The van der Waals surface area contributed by atoms with Crippen molar-refractivity contribution in [1.29, 1.82) is 0 Å². The zero-order valence-electron chi connectivity index (χ0n) is 17.0. The van der Waals surface area contributed by atoms with Gasteiger partial charge in [-0.05, 0) is 61.9 Å². The van der Waals surface area contributed by atoms with E-state index in [0.29, 0.717) is 23.7 Å². The highest BCUT2D eigenvalue weighted by Crippen LogP contribution is 2.24. The molecule has 0 saturated heterocycles. The van der Waals surface area contributed by atoms with Crippen LogP contribution in [0.25, 0.3) is 0 Å². The first-order chi connectivity index (χ1) is 14.5. The largest absolute Gasteiger partial charge is 0.573 e. The molecule has 0 bridgehead atoms. The molecule has 0 heterocycles. The van der Waals surface area contributed by atoms with Crippen molar-refractivity contribution in [1.82, 2.24) is 0 Å². The summed E-state index contributed by atoms with van der Waals surface area (Å²) in [5.74, 6) is -0.181. The van der Waals surface area contributed by atoms with Crippen LogP contribution in [0.3, 0.4) is 0 Å². The van der Waals surface area contributed by atoms with E-state index in [1.54, 1.807) is 24.3 Å². The molecular weight excluding hydrogens is 437 g/mol. The summed E-state index contributed by atoms with van der Waals surface area (Å²) in [7, 11) is -3.56. The molecule has 31 heavy (non-hydrogen) atoms. The molecular formula is C20H23F3N2O5S. The summed E-state index contributed by atoms with van der Waals surface area (Å²) < 4.78 is 71.1. The molecule has 0 aromatic heterocycles. The maximum Gasteiger partial charge on any atom is 0.573 e. The van der Waals surface area contributed by atoms with E-state index in [9.17, 15) is 26.4 Å². The van der Waals surface area contributed by atoms with Crippen molar-refractivity contribution in [2.45, 2.75) is 26.1 Å². The van der Waals surface area contributed by atoms with Crippen molar-refractivity contribution in [2.24, 2.45) is 0 Å². The Morgan fingerprint density at radius 1 is 1.03 bits per heavy atom. The predicted molar refractivity (Wildman–Crippen MR) is 111 cm³/mol. The molecule has 0 atom stereocenters. The van der Waals surface area contributed by atoms with Crippen LogP contribution in [0.4, 0.5) is 24.5 Å². The average molecular weight is 460 g/mol. The minimum Gasteiger partial charge on any atom is -0.494 e. The van der Waals surface area contributed by atoms with Crippen molar-refractivity contribution in [3.63, 3.8) is 0 Å². The number of alkyl halides is 3. The molecule has 0 radical (unpaired) electrons. The van der Waals surface area contributed by atoms with E-state index < -0.39 is 28.0 Å². The van der Waals surface area contributed by atoms with Gasteiger partial charge in [-0.15, -0.1) is 13.2 Å². The quantitative estimate of drug-likeness (QED) is 0.575. The second-order valence-corrected chi connectivity index (χ2v) is 8.39. The van der Waals surface area contributed by atoms with Crippen LogP contribution in [0.15, 0.2) is 48.5 Å². The van der Waals surface area contributed by atoms with E-state index in [0.717, 1.165) is 18.4 Å². The van der Waals surface area contributed by atoms with Gasteiger partial charge in [-0.1, -0.05) is 0 Å². The van der Waals surface area contributed by atoms with Gasteiger partial charge in [0, 0.05) is 18.7 Å². The Hall–Kier alpha value is -2.95. The Bertz CT molecular complexity index is 962. The fraction of sp³-hybridized carbons (Fsp3) is 0.350. The molecule has 2 rings (SSSR count). The number of nitrogens with one attached hydrogen (secondary N) is 1. The minimum atomic E-state index is -4.79. The predicted octanol–water partition coefficient (Wildman–Crippen LogP) is 4.17. The number of hydrogen-bond acceptors (Lipinski definition) is 5. The molecule has 2 aromatic rings. The molecule has 0 unspecified atom stereocenters. The van der Waals surface area contributed by atoms with Gasteiger partial charge >= 0.3 is 6.36 Å². The van der Waals surface area contributed by atoms with Gasteiger partial charge in [-0.2, -0.15) is 0 Å². The number of carbonyl (C=O) groups is 1. The zero-order valence-corrected chi connectivity index (χ0v) is 17.8. The number of nitrogens with zero attached hydrogens (tertiary/aromatic N) is 1. The Labute approximate surface area is 178 Å². The van der Waals surface area contributed by atoms with Gasteiger partial charge < -0.3 is 14.8 Å². The molecule has 170 valence electrons. The van der Waals surface area contributed by atoms with Crippen LogP contribution in [-0.2, 0) is 14.8 Å². The number of ether oxygens (including phenoxy) is 2. The SMILES string of the molecule is CCOc1ccc(N(CCCC(=O)Nc2ccc(OC(F)(F)F)cc2)S(C)(=O)=O)cc1. The number of sulfonamides is 1. The first kappa shape index (κ1) is 24.3. The van der Waals surface area contributed by atoms with E-state index in [-0.39, 0.29) is 19.4 Å². The highest BCUT2D eigenvalue weighted by molar-refractivity contribution is 7.92. The smallest absolute Gasteiger partial charge is 0.494 e. The number of rotatable bonds is 10. The minimum absolute atomic E-state index is 0.0177. The monoisotopic (exact) mass is 460 g/mol. The van der Waals surface area contributed by atoms with Crippen LogP contribution in [0.1, 0.15) is 19.8 Å². The average Bonchev–Trinajstić information content (AvgIpc) is 2.66. The molecule has 0 aliphatic carbocycles. The van der Waals surface area contributed by atoms with Crippen molar-refractivity contribution in [2.75, 3.05) is 29.0 Å². The standard InChI is InChI=1S/C20H23F3N2O5S/c1-3-29-17-12-8-16(9-13-17)25(31(2,27)28)14-4-5-19(26)24-15-6-10-18(11-7-15)30-20(21,22)23/h6-13H,3-5,14H2,1-2H3,(H,24,26). The first-order valence-corrected chi connectivity index (χ1v) is 11.2. The second kappa shape index (κ2) is 10.4. The third-order valence-corrected chi connectivity index (χ3v) is 5.17. The normalized spacial score (nSPS) is 11.6. The third-order valence-electron chi connectivity index (χ3n) is 3.97. The molecule has 0 saturated carbocycles. The summed E-state index contributed by atoms with van der Waals surface area (Å²) >= 11 is 0. The summed E-state index contributed by atoms with van der Waals surface area (Å²) in [6.07, 6.45) is -3.46. The molecule has 7 nitrogen and oxygen atoms in total. The number of amides is 1. The summed E-state index contributed by atoms with van der Waals surface area (Å²) in [6, 6.07) is 11.3. The van der Waals surface area contributed by atoms with Gasteiger partial charge in [-0.3, -0.25) is 9.10 Å². The maximum absolute atomic E-state index is 12.2. The first-order valence-electron chi connectivity index (χ1n) is 9.34. The van der Waals surface area contributed by atoms with Gasteiger partial charge in [0.25, 0.3) is 0 Å². The van der Waals surface area contributed by atoms with Gasteiger partial charge in [-0.25, -0.2) is 8.42 Å². The lowest BCUT2D eigenvalue weighted by Crippen LogP contribution is -2.31. The van der Waals surface area contributed by atoms with Crippen LogP contribution in [0.5, 0.6) is 11.5 Å². The highest BCUT2D eigenvalue weighted by Gasteiger charge is 2.31. The Kier molecular flexibility index (Phi) is 8.14. The van der Waals surface area contributed by atoms with Crippen LogP contribution < -0.4 is 19.1 Å². The highest BCUT2D eigenvalue weighted by atomic mass is 32.2. The zero-order chi connectivity index (χ0) is 23.1. The summed E-state index contributed by atoms with van der Waals surface area (Å²) in [6.45, 7) is 2.41. The number of hydrogen-bond donors (Lipinski definition) is 1. The molecule has 1 amide bonds. The molecule has 11 heteroatoms. The van der Waals surface area contributed by atoms with Crippen molar-refractivity contribution in [3.05, 3.63) is 48.5 Å². The van der Waals surface area contributed by atoms with Gasteiger partial charge in [0.2, 0.25) is 15.9 Å². The van der Waals surface area contributed by atoms with Crippen molar-refractivity contribution >= 4 is 27.3 Å². The van der Waals surface area contributed by atoms with Crippen LogP contribution in [-0.4, -0.2) is 40.1 Å². The summed E-state index contributed by atoms with van der Waals surface area (Å²) in [5, 5.41) is 2.55. The van der Waals surface area contributed by atoms with Crippen LogP contribution in [0, 0.1) is 0 Å². The Morgan fingerprint density at radius 3 is 2.13 bits per heavy atom. The number of halogens is 3. The fourth-order valence-corrected chi connectivity index (χ4v) is 3.67. The van der Waals surface area contributed by atoms with Gasteiger partial charge in [0.1, 0.15) is 11.5 Å². The number of benzene rings is 2. The van der Waals surface area contributed by atoms with Gasteiger partial charge in [0.15, 0.2) is 0 Å². The molecule has 2 aromatic carbocycles. The molecule has 1 N–H and O–H groups in total. The summed E-state index contributed by atoms with van der Waals surface area (Å²) in [5.41, 5.74) is 0.748. The lowest BCUT2D eigenvalue weighted by atomic mass is 10.2. The molecule has 0 aliphatic rings. The third kappa shape index (κ3) is 8.36. The van der Waals surface area contributed by atoms with E-state index in [1.165, 1.54) is 16.4 Å². The maximum atomic E-state index is 12.2.